The van der Waals surface area contributed by atoms with E-state index < -0.39 is 0 Å². The zero-order valence-electron chi connectivity index (χ0n) is 10.6. The second kappa shape index (κ2) is 5.06. The van der Waals surface area contributed by atoms with Crippen LogP contribution >= 0.6 is 0 Å². The molecule has 3 heteroatoms. The minimum atomic E-state index is 0.410. The van der Waals surface area contributed by atoms with Crippen LogP contribution in [0.15, 0.2) is 42.5 Å². The van der Waals surface area contributed by atoms with E-state index in [0.717, 1.165) is 13.0 Å². The molecule has 1 fully saturated rings. The molecule has 0 saturated carbocycles. The molecule has 0 radical (unpaired) electrons. The van der Waals surface area contributed by atoms with Gasteiger partial charge in [0, 0.05) is 18.6 Å². The van der Waals surface area contributed by atoms with Crippen LogP contribution in [0.4, 0.5) is 0 Å². The minimum Gasteiger partial charge on any atom is -0.318 e. The van der Waals surface area contributed by atoms with E-state index in [-0.39, 0.29) is 0 Å². The third kappa shape index (κ3) is 2.25. The van der Waals surface area contributed by atoms with Crippen LogP contribution in [-0.4, -0.2) is 19.6 Å². The number of nitrogens with one attached hydrogen (secondary N) is 3. The first kappa shape index (κ1) is 11.7. The monoisotopic (exact) mass is 241 g/mol. The second-order valence-corrected chi connectivity index (χ2v) is 4.94. The van der Waals surface area contributed by atoms with E-state index in [1.165, 1.54) is 16.3 Å². The summed E-state index contributed by atoms with van der Waals surface area (Å²) in [5, 5.41) is 5.83. The molecule has 1 saturated heterocycles. The molecule has 2 atom stereocenters. The summed E-state index contributed by atoms with van der Waals surface area (Å²) in [5.41, 5.74) is 8.09. The molecule has 0 aliphatic carbocycles. The lowest BCUT2D eigenvalue weighted by Gasteiger charge is -2.11. The van der Waals surface area contributed by atoms with Crippen molar-refractivity contribution in [2.45, 2.75) is 18.5 Å². The second-order valence-electron chi connectivity index (χ2n) is 4.94. The van der Waals surface area contributed by atoms with Crippen LogP contribution in [0.2, 0.25) is 0 Å². The van der Waals surface area contributed by atoms with Crippen LogP contribution in [0.1, 0.15) is 18.0 Å². The maximum Gasteiger partial charge on any atom is 0.0478 e. The van der Waals surface area contributed by atoms with E-state index in [9.17, 15) is 0 Å². The third-order valence-electron chi connectivity index (χ3n) is 3.61. The summed E-state index contributed by atoms with van der Waals surface area (Å²) in [5.74, 6) is 0. The predicted octanol–water partition coefficient (Wildman–Crippen LogP) is 1.97. The molecule has 2 aromatic carbocycles. The molecule has 2 unspecified atom stereocenters. The van der Waals surface area contributed by atoms with Crippen molar-refractivity contribution in [3.05, 3.63) is 48.0 Å². The van der Waals surface area contributed by atoms with E-state index in [1.54, 1.807) is 0 Å². The molecule has 2 aromatic rings. The van der Waals surface area contributed by atoms with Crippen molar-refractivity contribution in [3.8, 4) is 0 Å². The van der Waals surface area contributed by atoms with E-state index in [4.69, 9.17) is 0 Å². The summed E-state index contributed by atoms with van der Waals surface area (Å²) >= 11 is 0. The van der Waals surface area contributed by atoms with Crippen molar-refractivity contribution in [2.75, 3.05) is 13.6 Å². The highest BCUT2D eigenvalue weighted by Gasteiger charge is 2.24. The molecule has 1 aliphatic rings. The Balaban J connectivity index is 1.82. The summed E-state index contributed by atoms with van der Waals surface area (Å²) in [7, 11) is 1.99. The molecule has 0 spiro atoms. The van der Waals surface area contributed by atoms with E-state index in [2.05, 4.69) is 58.6 Å². The molecule has 0 amide bonds. The number of hydrogen-bond acceptors (Lipinski definition) is 3. The third-order valence-corrected chi connectivity index (χ3v) is 3.61. The average Bonchev–Trinajstić information content (AvgIpc) is 2.87. The van der Waals surface area contributed by atoms with Crippen LogP contribution in [0.3, 0.4) is 0 Å². The first-order valence-corrected chi connectivity index (χ1v) is 6.51. The maximum atomic E-state index is 3.38. The Morgan fingerprint density at radius 1 is 1.11 bits per heavy atom. The van der Waals surface area contributed by atoms with Crippen LogP contribution in [0, 0.1) is 0 Å². The van der Waals surface area contributed by atoms with Crippen LogP contribution in [-0.2, 0) is 0 Å². The highest BCUT2D eigenvalue weighted by atomic mass is 15.4. The minimum absolute atomic E-state index is 0.410. The summed E-state index contributed by atoms with van der Waals surface area (Å²) in [4.78, 5) is 0. The largest absolute Gasteiger partial charge is 0.318 e. The van der Waals surface area contributed by atoms with Gasteiger partial charge in [-0.05, 0) is 35.9 Å². The fourth-order valence-electron chi connectivity index (χ4n) is 2.65. The molecule has 94 valence electrons. The van der Waals surface area contributed by atoms with Gasteiger partial charge in [0.1, 0.15) is 0 Å². The molecule has 1 heterocycles. The van der Waals surface area contributed by atoms with Gasteiger partial charge in [-0.2, -0.15) is 0 Å². The molecule has 3 rings (SSSR count). The van der Waals surface area contributed by atoms with Gasteiger partial charge in [-0.3, -0.25) is 5.43 Å². The van der Waals surface area contributed by atoms with Crippen LogP contribution in [0.25, 0.3) is 10.8 Å². The van der Waals surface area contributed by atoms with Crippen molar-refractivity contribution in [1.29, 1.82) is 0 Å². The Kier molecular flexibility index (Phi) is 3.28. The van der Waals surface area contributed by atoms with Crippen LogP contribution in [0.5, 0.6) is 0 Å². The quantitative estimate of drug-likeness (QED) is 0.769. The predicted molar refractivity (Wildman–Crippen MR) is 75.3 cm³/mol. The first-order chi connectivity index (χ1) is 8.86. The van der Waals surface area contributed by atoms with Crippen molar-refractivity contribution < 1.29 is 0 Å². The SMILES string of the molecule is CNCC1CC(c2ccc3ccccc3c2)NN1. The first-order valence-electron chi connectivity index (χ1n) is 6.51. The topological polar surface area (TPSA) is 36.1 Å². The molecule has 1 aliphatic heterocycles. The normalized spacial score (nSPS) is 23.6. The van der Waals surface area contributed by atoms with Gasteiger partial charge in [-0.15, -0.1) is 0 Å². The molecule has 3 nitrogen and oxygen atoms in total. The average molecular weight is 241 g/mol. The zero-order valence-corrected chi connectivity index (χ0v) is 10.6. The van der Waals surface area contributed by atoms with E-state index in [0.29, 0.717) is 12.1 Å². The Bertz CT molecular complexity index is 538. The van der Waals surface area contributed by atoms with Gasteiger partial charge in [0.15, 0.2) is 0 Å². The Morgan fingerprint density at radius 3 is 2.78 bits per heavy atom. The highest BCUT2D eigenvalue weighted by molar-refractivity contribution is 5.83. The van der Waals surface area contributed by atoms with Gasteiger partial charge >= 0.3 is 0 Å². The van der Waals surface area contributed by atoms with Gasteiger partial charge in [-0.25, -0.2) is 5.43 Å². The lowest BCUT2D eigenvalue weighted by Crippen LogP contribution is -2.36. The summed E-state index contributed by atoms with van der Waals surface area (Å²) in [6, 6.07) is 16.1. The zero-order chi connectivity index (χ0) is 12.4. The van der Waals surface area contributed by atoms with Crippen molar-refractivity contribution in [1.82, 2.24) is 16.2 Å². The standard InChI is InChI=1S/C15H19N3/c1-16-10-14-9-15(18-17-14)13-7-6-11-4-2-3-5-12(11)8-13/h2-8,14-18H,9-10H2,1H3. The van der Waals surface area contributed by atoms with Gasteiger partial charge in [0.05, 0.1) is 0 Å². The van der Waals surface area contributed by atoms with Gasteiger partial charge in [0.25, 0.3) is 0 Å². The fourth-order valence-corrected chi connectivity index (χ4v) is 2.65. The van der Waals surface area contributed by atoms with Crippen molar-refractivity contribution in [3.63, 3.8) is 0 Å². The summed E-state index contributed by atoms with van der Waals surface area (Å²) in [6.45, 7) is 0.997. The van der Waals surface area contributed by atoms with E-state index >= 15 is 0 Å². The molecule has 3 N–H and O–H groups in total. The van der Waals surface area contributed by atoms with Crippen LogP contribution < -0.4 is 16.2 Å². The number of benzene rings is 2. The Morgan fingerprint density at radius 2 is 1.94 bits per heavy atom. The molecule has 0 aromatic heterocycles. The summed E-state index contributed by atoms with van der Waals surface area (Å²) in [6.07, 6.45) is 1.12. The lowest BCUT2D eigenvalue weighted by atomic mass is 9.99. The fraction of sp³-hybridized carbons (Fsp3) is 0.333. The smallest absolute Gasteiger partial charge is 0.0478 e. The van der Waals surface area contributed by atoms with Crippen molar-refractivity contribution >= 4 is 10.8 Å². The van der Waals surface area contributed by atoms with Gasteiger partial charge < -0.3 is 5.32 Å². The molecular formula is C15H19N3. The number of hydrazine groups is 1. The molecule has 0 bridgehead atoms. The molecule has 18 heavy (non-hydrogen) atoms. The number of fused-ring (bicyclic) bond motifs is 1. The maximum absolute atomic E-state index is 3.38. The Hall–Kier alpha value is -1.42. The van der Waals surface area contributed by atoms with E-state index in [1.807, 2.05) is 7.05 Å². The number of likely N-dealkylation sites (N-methyl/N-ethyl adjacent to an activating group) is 1. The van der Waals surface area contributed by atoms with Gasteiger partial charge in [0.2, 0.25) is 0 Å². The number of rotatable bonds is 3. The van der Waals surface area contributed by atoms with Gasteiger partial charge in [-0.1, -0.05) is 36.4 Å². The Labute approximate surface area is 108 Å². The number of hydrogen-bond donors (Lipinski definition) is 3. The molecular weight excluding hydrogens is 222 g/mol. The highest BCUT2D eigenvalue weighted by Crippen LogP contribution is 2.25. The summed E-state index contributed by atoms with van der Waals surface area (Å²) < 4.78 is 0. The van der Waals surface area contributed by atoms with Crippen molar-refractivity contribution in [2.24, 2.45) is 0 Å². The lowest BCUT2D eigenvalue weighted by molar-refractivity contribution is 0.524.